The number of aromatic amines is 1. The molecule has 1 atom stereocenters. The molecular formula is C16H21N3O. The Hall–Kier alpha value is -1.81. The molecule has 1 aromatic carbocycles. The summed E-state index contributed by atoms with van der Waals surface area (Å²) in [5, 5.41) is 5.12. The Morgan fingerprint density at radius 2 is 2.25 bits per heavy atom. The van der Waals surface area contributed by atoms with Gasteiger partial charge in [0.05, 0.1) is 0 Å². The minimum Gasteiger partial charge on any atom is -0.371 e. The molecule has 1 aliphatic heterocycles. The van der Waals surface area contributed by atoms with Gasteiger partial charge in [-0.3, -0.25) is 4.79 Å². The highest BCUT2D eigenvalue weighted by molar-refractivity contribution is 5.83. The molecule has 0 radical (unpaired) electrons. The number of nitrogens with zero attached hydrogens (tertiary/aromatic N) is 1. The second-order valence-electron chi connectivity index (χ2n) is 5.75. The zero-order chi connectivity index (χ0) is 13.9. The lowest BCUT2D eigenvalue weighted by Crippen LogP contribution is -2.35. The lowest BCUT2D eigenvalue weighted by atomic mass is 9.98. The summed E-state index contributed by atoms with van der Waals surface area (Å²) in [5.41, 5.74) is -0.0219. The van der Waals surface area contributed by atoms with Crippen LogP contribution in [0.5, 0.6) is 0 Å². The van der Waals surface area contributed by atoms with Crippen LogP contribution in [0.2, 0.25) is 0 Å². The molecule has 0 saturated carbocycles. The van der Waals surface area contributed by atoms with Crippen LogP contribution in [-0.2, 0) is 0 Å². The second-order valence-corrected chi connectivity index (χ2v) is 5.75. The van der Waals surface area contributed by atoms with Crippen molar-refractivity contribution in [3.8, 4) is 0 Å². The van der Waals surface area contributed by atoms with Crippen molar-refractivity contribution in [3.05, 3.63) is 40.7 Å². The molecule has 0 amide bonds. The normalized spacial score (nSPS) is 20.1. The molecule has 0 aliphatic carbocycles. The number of aromatic nitrogens is 1. The average Bonchev–Trinajstić information content (AvgIpc) is 2.45. The maximum absolute atomic E-state index is 12.0. The first-order valence-electron chi connectivity index (χ1n) is 7.27. The van der Waals surface area contributed by atoms with Crippen molar-refractivity contribution in [3.63, 3.8) is 0 Å². The largest absolute Gasteiger partial charge is 0.371 e. The van der Waals surface area contributed by atoms with Gasteiger partial charge in [-0.1, -0.05) is 18.2 Å². The van der Waals surface area contributed by atoms with E-state index < -0.39 is 0 Å². The van der Waals surface area contributed by atoms with Crippen LogP contribution in [-0.4, -0.2) is 36.6 Å². The van der Waals surface area contributed by atoms with Crippen molar-refractivity contribution in [1.82, 2.24) is 9.88 Å². The number of benzene rings is 1. The molecule has 1 fully saturated rings. The summed E-state index contributed by atoms with van der Waals surface area (Å²) in [6.45, 7) is 3.24. The topological polar surface area (TPSA) is 48.1 Å². The van der Waals surface area contributed by atoms with Gasteiger partial charge in [-0.15, -0.1) is 0 Å². The van der Waals surface area contributed by atoms with Crippen molar-refractivity contribution >= 4 is 16.6 Å². The van der Waals surface area contributed by atoms with Gasteiger partial charge in [0.25, 0.3) is 5.56 Å². The number of pyridine rings is 1. The number of piperidine rings is 1. The highest BCUT2D eigenvalue weighted by Gasteiger charge is 2.16. The van der Waals surface area contributed by atoms with E-state index in [9.17, 15) is 4.79 Å². The number of hydrogen-bond acceptors (Lipinski definition) is 3. The van der Waals surface area contributed by atoms with E-state index in [0.29, 0.717) is 5.92 Å². The Labute approximate surface area is 118 Å². The molecule has 1 aromatic heterocycles. The van der Waals surface area contributed by atoms with Crippen LogP contribution < -0.4 is 10.9 Å². The predicted molar refractivity (Wildman–Crippen MR) is 83.3 cm³/mol. The Morgan fingerprint density at radius 3 is 3.10 bits per heavy atom. The SMILES string of the molecule is CN1CCCC(CNc2cc3ccccc3c(=O)[nH]2)C1. The molecule has 0 spiro atoms. The molecule has 2 aromatic rings. The Morgan fingerprint density at radius 1 is 1.40 bits per heavy atom. The molecule has 2 N–H and O–H groups in total. The maximum atomic E-state index is 12.0. The van der Waals surface area contributed by atoms with E-state index in [2.05, 4.69) is 22.2 Å². The fraction of sp³-hybridized carbons (Fsp3) is 0.438. The average molecular weight is 271 g/mol. The van der Waals surface area contributed by atoms with Crippen LogP contribution in [0.15, 0.2) is 35.1 Å². The van der Waals surface area contributed by atoms with E-state index in [1.165, 1.54) is 19.4 Å². The number of nitrogens with one attached hydrogen (secondary N) is 2. The molecule has 2 heterocycles. The second kappa shape index (κ2) is 5.67. The molecule has 20 heavy (non-hydrogen) atoms. The van der Waals surface area contributed by atoms with Gasteiger partial charge < -0.3 is 15.2 Å². The first-order valence-corrected chi connectivity index (χ1v) is 7.27. The summed E-state index contributed by atoms with van der Waals surface area (Å²) < 4.78 is 0. The minimum absolute atomic E-state index is 0.0219. The summed E-state index contributed by atoms with van der Waals surface area (Å²) in [7, 11) is 2.17. The van der Waals surface area contributed by atoms with E-state index in [-0.39, 0.29) is 5.56 Å². The predicted octanol–water partition coefficient (Wildman–Crippen LogP) is 2.28. The lowest BCUT2D eigenvalue weighted by molar-refractivity contribution is 0.217. The maximum Gasteiger partial charge on any atom is 0.257 e. The molecule has 0 bridgehead atoms. The van der Waals surface area contributed by atoms with Gasteiger partial charge in [-0.25, -0.2) is 0 Å². The van der Waals surface area contributed by atoms with E-state index in [1.807, 2.05) is 30.3 Å². The van der Waals surface area contributed by atoms with E-state index in [1.54, 1.807) is 0 Å². The first-order chi connectivity index (χ1) is 9.72. The van der Waals surface area contributed by atoms with Gasteiger partial charge >= 0.3 is 0 Å². The summed E-state index contributed by atoms with van der Waals surface area (Å²) >= 11 is 0. The van der Waals surface area contributed by atoms with Crippen molar-refractivity contribution in [2.45, 2.75) is 12.8 Å². The summed E-state index contributed by atoms with van der Waals surface area (Å²) in [6, 6.07) is 9.70. The number of rotatable bonds is 3. The number of H-pyrrole nitrogens is 1. The molecule has 4 heteroatoms. The molecule has 3 rings (SSSR count). The Kier molecular flexibility index (Phi) is 3.74. The van der Waals surface area contributed by atoms with E-state index >= 15 is 0 Å². The highest BCUT2D eigenvalue weighted by Crippen LogP contribution is 2.17. The van der Waals surface area contributed by atoms with Gasteiger partial charge in [-0.05, 0) is 49.9 Å². The number of fused-ring (bicyclic) bond motifs is 1. The minimum atomic E-state index is -0.0219. The monoisotopic (exact) mass is 271 g/mol. The molecule has 106 valence electrons. The number of anilines is 1. The summed E-state index contributed by atoms with van der Waals surface area (Å²) in [6.07, 6.45) is 2.52. The Bertz CT molecular complexity index is 649. The van der Waals surface area contributed by atoms with Gasteiger partial charge in [0, 0.05) is 18.5 Å². The van der Waals surface area contributed by atoms with E-state index in [4.69, 9.17) is 0 Å². The zero-order valence-electron chi connectivity index (χ0n) is 11.9. The quantitative estimate of drug-likeness (QED) is 0.900. The van der Waals surface area contributed by atoms with Gasteiger partial charge in [0.1, 0.15) is 5.82 Å². The first kappa shape index (κ1) is 13.2. The molecule has 4 nitrogen and oxygen atoms in total. The van der Waals surface area contributed by atoms with Gasteiger partial charge in [0.2, 0.25) is 0 Å². The van der Waals surface area contributed by atoms with Gasteiger partial charge in [0.15, 0.2) is 0 Å². The van der Waals surface area contributed by atoms with E-state index in [0.717, 1.165) is 29.7 Å². The van der Waals surface area contributed by atoms with Gasteiger partial charge in [-0.2, -0.15) is 0 Å². The van der Waals surface area contributed by atoms with Crippen molar-refractivity contribution in [1.29, 1.82) is 0 Å². The molecule has 1 saturated heterocycles. The fourth-order valence-corrected chi connectivity index (χ4v) is 3.00. The highest BCUT2D eigenvalue weighted by atomic mass is 16.1. The van der Waals surface area contributed by atoms with Crippen LogP contribution >= 0.6 is 0 Å². The van der Waals surface area contributed by atoms with Crippen LogP contribution in [0, 0.1) is 5.92 Å². The standard InChI is InChI=1S/C16H21N3O/c1-19-8-4-5-12(11-19)10-17-15-9-13-6-2-3-7-14(13)16(20)18-15/h2-3,6-7,9,12H,4-5,8,10-11H2,1H3,(H2,17,18,20). The van der Waals surface area contributed by atoms with Crippen LogP contribution in [0.3, 0.4) is 0 Å². The molecular weight excluding hydrogens is 250 g/mol. The fourth-order valence-electron chi connectivity index (χ4n) is 3.00. The lowest BCUT2D eigenvalue weighted by Gasteiger charge is -2.29. The van der Waals surface area contributed by atoms with Crippen molar-refractivity contribution in [2.24, 2.45) is 5.92 Å². The van der Waals surface area contributed by atoms with Crippen LogP contribution in [0.1, 0.15) is 12.8 Å². The molecule has 1 unspecified atom stereocenters. The van der Waals surface area contributed by atoms with Crippen LogP contribution in [0.4, 0.5) is 5.82 Å². The smallest absolute Gasteiger partial charge is 0.257 e. The zero-order valence-corrected chi connectivity index (χ0v) is 11.9. The van der Waals surface area contributed by atoms with Crippen LogP contribution in [0.25, 0.3) is 10.8 Å². The molecule has 1 aliphatic rings. The third-order valence-electron chi connectivity index (χ3n) is 4.06. The third-order valence-corrected chi connectivity index (χ3v) is 4.06. The van der Waals surface area contributed by atoms with Crippen molar-refractivity contribution in [2.75, 3.05) is 32.0 Å². The number of likely N-dealkylation sites (tertiary alicyclic amines) is 1. The Balaban J connectivity index is 1.73. The summed E-state index contributed by atoms with van der Waals surface area (Å²) in [4.78, 5) is 17.3. The number of hydrogen-bond donors (Lipinski definition) is 2. The summed E-state index contributed by atoms with van der Waals surface area (Å²) in [5.74, 6) is 1.48. The van der Waals surface area contributed by atoms with Crippen molar-refractivity contribution < 1.29 is 0 Å². The third kappa shape index (κ3) is 2.85.